The molecule has 0 radical (unpaired) electrons. The Labute approximate surface area is 83.7 Å². The Balaban J connectivity index is 3.32. The van der Waals surface area contributed by atoms with Crippen molar-refractivity contribution >= 4 is 24.0 Å². The topological polar surface area (TPSA) is 132 Å². The van der Waals surface area contributed by atoms with Crippen LogP contribution in [0, 0.1) is 10.1 Å². The van der Waals surface area contributed by atoms with Crippen molar-refractivity contribution in [3.8, 4) is 0 Å². The third-order valence-corrected chi connectivity index (χ3v) is 1.59. The Morgan fingerprint density at radius 2 is 2.13 bits per heavy atom. The number of hydrogen-bond acceptors (Lipinski definition) is 5. The molecule has 0 aliphatic carbocycles. The van der Waals surface area contributed by atoms with Crippen LogP contribution >= 0.6 is 0 Å². The summed E-state index contributed by atoms with van der Waals surface area (Å²) in [5, 5.41) is 31.2. The van der Waals surface area contributed by atoms with Gasteiger partial charge in [0, 0.05) is 22.7 Å². The molecule has 1 aromatic rings. The summed E-state index contributed by atoms with van der Waals surface area (Å²) in [6.07, 6.45) is 0. The molecular formula is C6H5BN4O4. The number of non-ortho nitro benzene ring substituents is 1. The first-order chi connectivity index (χ1) is 7.04. The highest BCUT2D eigenvalue weighted by Gasteiger charge is 2.16. The van der Waals surface area contributed by atoms with E-state index in [0.717, 1.165) is 18.2 Å². The Morgan fingerprint density at radius 3 is 2.60 bits per heavy atom. The number of azide groups is 1. The molecule has 1 aromatic carbocycles. The number of benzene rings is 1. The van der Waals surface area contributed by atoms with Gasteiger partial charge >= 0.3 is 7.12 Å². The Bertz CT molecular complexity index is 423. The first-order valence-corrected chi connectivity index (χ1v) is 3.75. The highest BCUT2D eigenvalue weighted by atomic mass is 16.6. The minimum Gasteiger partial charge on any atom is -0.423 e. The molecule has 0 fully saturated rings. The van der Waals surface area contributed by atoms with E-state index in [2.05, 4.69) is 10.0 Å². The van der Waals surface area contributed by atoms with Gasteiger partial charge in [0.1, 0.15) is 0 Å². The average Bonchev–Trinajstić information content (AvgIpc) is 2.17. The minimum absolute atomic E-state index is 0.0465. The van der Waals surface area contributed by atoms with Gasteiger partial charge in [0.25, 0.3) is 5.69 Å². The fraction of sp³-hybridized carbons (Fsp3) is 0. The van der Waals surface area contributed by atoms with Crippen LogP contribution in [0.2, 0.25) is 0 Å². The van der Waals surface area contributed by atoms with Crippen LogP contribution in [-0.4, -0.2) is 22.1 Å². The van der Waals surface area contributed by atoms with Gasteiger partial charge in [-0.2, -0.15) is 0 Å². The van der Waals surface area contributed by atoms with Crippen molar-refractivity contribution in [2.24, 2.45) is 5.11 Å². The van der Waals surface area contributed by atoms with Crippen molar-refractivity contribution in [2.75, 3.05) is 0 Å². The summed E-state index contributed by atoms with van der Waals surface area (Å²) >= 11 is 0. The van der Waals surface area contributed by atoms with Crippen LogP contribution < -0.4 is 5.46 Å². The lowest BCUT2D eigenvalue weighted by Gasteiger charge is -2.00. The van der Waals surface area contributed by atoms with E-state index in [4.69, 9.17) is 15.6 Å². The maximum absolute atomic E-state index is 10.4. The zero-order chi connectivity index (χ0) is 11.4. The Hall–Kier alpha value is -2.09. The van der Waals surface area contributed by atoms with E-state index in [1.807, 2.05) is 0 Å². The summed E-state index contributed by atoms with van der Waals surface area (Å²) in [5.41, 5.74) is 7.62. The summed E-state index contributed by atoms with van der Waals surface area (Å²) in [6, 6.07) is 3.17. The molecule has 15 heavy (non-hydrogen) atoms. The van der Waals surface area contributed by atoms with Crippen molar-refractivity contribution in [2.45, 2.75) is 0 Å². The molecule has 0 spiro atoms. The van der Waals surface area contributed by atoms with Crippen LogP contribution in [0.4, 0.5) is 11.4 Å². The Morgan fingerprint density at radius 1 is 1.47 bits per heavy atom. The standard InChI is InChI=1S/C6H5BN4O4/c8-10-9-5-1-4(7(12)13)2-6(3-5)11(14)15/h1-3,12-13H. The number of nitro groups is 1. The molecular weight excluding hydrogens is 203 g/mol. The third-order valence-electron chi connectivity index (χ3n) is 1.59. The molecule has 0 amide bonds. The molecule has 0 aromatic heterocycles. The van der Waals surface area contributed by atoms with Crippen molar-refractivity contribution in [3.05, 3.63) is 38.8 Å². The summed E-state index contributed by atoms with van der Waals surface area (Å²) < 4.78 is 0. The van der Waals surface area contributed by atoms with Gasteiger partial charge in [-0.15, -0.1) is 0 Å². The van der Waals surface area contributed by atoms with Gasteiger partial charge in [-0.1, -0.05) is 11.2 Å². The lowest BCUT2D eigenvalue weighted by atomic mass is 9.80. The van der Waals surface area contributed by atoms with Crippen LogP contribution in [0.25, 0.3) is 10.4 Å². The summed E-state index contributed by atoms with van der Waals surface area (Å²) in [6.45, 7) is 0. The largest absolute Gasteiger partial charge is 0.488 e. The first kappa shape index (κ1) is 11.0. The number of hydrogen-bond donors (Lipinski definition) is 2. The van der Waals surface area contributed by atoms with Crippen molar-refractivity contribution in [3.63, 3.8) is 0 Å². The second-order valence-electron chi connectivity index (χ2n) is 2.60. The van der Waals surface area contributed by atoms with Crippen LogP contribution in [0.3, 0.4) is 0 Å². The summed E-state index contributed by atoms with van der Waals surface area (Å²) in [4.78, 5) is 12.2. The van der Waals surface area contributed by atoms with Crippen LogP contribution in [-0.2, 0) is 0 Å². The molecule has 0 heterocycles. The molecule has 0 saturated carbocycles. The minimum atomic E-state index is -1.85. The second-order valence-corrected chi connectivity index (χ2v) is 2.60. The fourth-order valence-electron chi connectivity index (χ4n) is 0.982. The maximum Gasteiger partial charge on any atom is 0.488 e. The highest BCUT2D eigenvalue weighted by Crippen LogP contribution is 2.18. The SMILES string of the molecule is [N-]=[N+]=Nc1cc(B(O)O)cc([N+](=O)[O-])c1. The molecule has 0 atom stereocenters. The van der Waals surface area contributed by atoms with E-state index in [1.165, 1.54) is 0 Å². The fourth-order valence-corrected chi connectivity index (χ4v) is 0.982. The van der Waals surface area contributed by atoms with Crippen LogP contribution in [0.15, 0.2) is 23.3 Å². The summed E-state index contributed by atoms with van der Waals surface area (Å²) in [7, 11) is -1.85. The van der Waals surface area contributed by atoms with E-state index in [0.29, 0.717) is 0 Å². The first-order valence-electron chi connectivity index (χ1n) is 3.75. The normalized spacial score (nSPS) is 9.20. The summed E-state index contributed by atoms with van der Waals surface area (Å²) in [5.74, 6) is 0. The molecule has 0 aliphatic rings. The Kier molecular flexibility index (Phi) is 3.24. The zero-order valence-electron chi connectivity index (χ0n) is 7.31. The smallest absolute Gasteiger partial charge is 0.423 e. The van der Waals surface area contributed by atoms with Gasteiger partial charge in [0.05, 0.1) is 4.92 Å². The molecule has 0 unspecified atom stereocenters. The number of rotatable bonds is 3. The predicted octanol–water partition coefficient (Wildman–Crippen LogP) is 0.216. The predicted molar refractivity (Wildman–Crippen MR) is 51.7 cm³/mol. The molecule has 0 bridgehead atoms. The van der Waals surface area contributed by atoms with Gasteiger partial charge in [0.15, 0.2) is 0 Å². The van der Waals surface area contributed by atoms with Gasteiger partial charge < -0.3 is 10.0 Å². The van der Waals surface area contributed by atoms with E-state index < -0.39 is 12.0 Å². The monoisotopic (exact) mass is 208 g/mol. The number of nitrogens with zero attached hydrogens (tertiary/aromatic N) is 4. The third kappa shape index (κ3) is 2.68. The average molecular weight is 208 g/mol. The lowest BCUT2D eigenvalue weighted by molar-refractivity contribution is -0.384. The van der Waals surface area contributed by atoms with Gasteiger partial charge in [-0.05, 0) is 11.0 Å². The lowest BCUT2D eigenvalue weighted by Crippen LogP contribution is -2.29. The van der Waals surface area contributed by atoms with E-state index >= 15 is 0 Å². The van der Waals surface area contributed by atoms with Crippen LogP contribution in [0.5, 0.6) is 0 Å². The molecule has 9 heteroatoms. The van der Waals surface area contributed by atoms with Gasteiger partial charge in [-0.25, -0.2) is 0 Å². The van der Waals surface area contributed by atoms with Crippen molar-refractivity contribution in [1.29, 1.82) is 0 Å². The zero-order valence-corrected chi connectivity index (χ0v) is 7.31. The maximum atomic E-state index is 10.4. The van der Waals surface area contributed by atoms with E-state index in [1.54, 1.807) is 0 Å². The molecule has 8 nitrogen and oxygen atoms in total. The molecule has 2 N–H and O–H groups in total. The molecule has 1 rings (SSSR count). The van der Waals surface area contributed by atoms with E-state index in [9.17, 15) is 10.1 Å². The van der Waals surface area contributed by atoms with Gasteiger partial charge in [-0.3, -0.25) is 10.1 Å². The van der Waals surface area contributed by atoms with Crippen molar-refractivity contribution in [1.82, 2.24) is 0 Å². The molecule has 0 aliphatic heterocycles. The van der Waals surface area contributed by atoms with Crippen molar-refractivity contribution < 1.29 is 15.0 Å². The number of nitro benzene ring substituents is 1. The molecule has 76 valence electrons. The molecule has 0 saturated heterocycles. The highest BCUT2D eigenvalue weighted by molar-refractivity contribution is 6.58. The van der Waals surface area contributed by atoms with Gasteiger partial charge in [0.2, 0.25) is 0 Å². The van der Waals surface area contributed by atoms with Crippen LogP contribution in [0.1, 0.15) is 0 Å². The quantitative estimate of drug-likeness (QED) is 0.183. The van der Waals surface area contributed by atoms with E-state index in [-0.39, 0.29) is 16.8 Å². The second kappa shape index (κ2) is 4.42.